The van der Waals surface area contributed by atoms with Gasteiger partial charge in [0, 0.05) is 28.3 Å². The average molecular weight is 396 g/mol. The Morgan fingerprint density at radius 2 is 1.88 bits per heavy atom. The van der Waals surface area contributed by atoms with Gasteiger partial charge >= 0.3 is 0 Å². The first-order valence-corrected chi connectivity index (χ1v) is 9.66. The lowest BCUT2D eigenvalue weighted by atomic mass is 9.92. The smallest absolute Gasteiger partial charge is 0.0662 e. The molecule has 25 heavy (non-hydrogen) atoms. The van der Waals surface area contributed by atoms with E-state index < -0.39 is 0 Å². The summed E-state index contributed by atoms with van der Waals surface area (Å²) < 4.78 is 3.34. The van der Waals surface area contributed by atoms with Crippen LogP contribution in [0.15, 0.2) is 65.3 Å². The predicted molar refractivity (Wildman–Crippen MR) is 104 cm³/mol. The van der Waals surface area contributed by atoms with Crippen molar-refractivity contribution in [2.45, 2.75) is 38.4 Å². The van der Waals surface area contributed by atoms with Gasteiger partial charge in [-0.25, -0.2) is 0 Å². The number of aromatic nitrogens is 2. The molecular formula is C21H22BrN3. The van der Waals surface area contributed by atoms with E-state index in [4.69, 9.17) is 0 Å². The van der Waals surface area contributed by atoms with E-state index in [2.05, 4.69) is 91.8 Å². The van der Waals surface area contributed by atoms with Crippen molar-refractivity contribution < 1.29 is 0 Å². The monoisotopic (exact) mass is 395 g/mol. The summed E-state index contributed by atoms with van der Waals surface area (Å²) in [6, 6.07) is 19.4. The molecule has 1 atom stereocenters. The second-order valence-corrected chi connectivity index (χ2v) is 7.46. The Morgan fingerprint density at radius 1 is 1.08 bits per heavy atom. The molecule has 0 aliphatic heterocycles. The Bertz CT molecular complexity index is 841. The SMILES string of the molecule is Brc1ccccc1CN[C@H]1CCCc2c1cnn2Cc1ccccc1. The Hall–Kier alpha value is -1.91. The third-order valence-corrected chi connectivity index (χ3v) is 5.71. The third-order valence-electron chi connectivity index (χ3n) is 4.93. The topological polar surface area (TPSA) is 29.9 Å². The van der Waals surface area contributed by atoms with Crippen LogP contribution in [0.1, 0.15) is 41.3 Å². The number of nitrogens with one attached hydrogen (secondary N) is 1. The maximum atomic E-state index is 4.68. The Kier molecular flexibility index (Phi) is 4.99. The van der Waals surface area contributed by atoms with Crippen LogP contribution in [0.4, 0.5) is 0 Å². The van der Waals surface area contributed by atoms with Gasteiger partial charge in [0.15, 0.2) is 0 Å². The molecule has 128 valence electrons. The van der Waals surface area contributed by atoms with Crippen LogP contribution in [0.3, 0.4) is 0 Å². The quantitative estimate of drug-likeness (QED) is 0.668. The summed E-state index contributed by atoms with van der Waals surface area (Å²) in [5.41, 5.74) is 5.36. The highest BCUT2D eigenvalue weighted by atomic mass is 79.9. The van der Waals surface area contributed by atoms with E-state index in [1.54, 1.807) is 0 Å². The third kappa shape index (κ3) is 3.70. The number of hydrogen-bond acceptors (Lipinski definition) is 2. The molecule has 3 aromatic rings. The highest BCUT2D eigenvalue weighted by Gasteiger charge is 2.24. The molecule has 2 aromatic carbocycles. The molecule has 4 rings (SSSR count). The van der Waals surface area contributed by atoms with Crippen molar-refractivity contribution in [3.63, 3.8) is 0 Å². The molecular weight excluding hydrogens is 374 g/mol. The summed E-state index contributed by atoms with van der Waals surface area (Å²) in [4.78, 5) is 0. The fourth-order valence-corrected chi connectivity index (χ4v) is 4.02. The van der Waals surface area contributed by atoms with Crippen LogP contribution in [0.5, 0.6) is 0 Å². The second-order valence-electron chi connectivity index (χ2n) is 6.61. The predicted octanol–water partition coefficient (Wildman–Crippen LogP) is 4.86. The minimum Gasteiger partial charge on any atom is -0.306 e. The van der Waals surface area contributed by atoms with Gasteiger partial charge < -0.3 is 5.32 Å². The summed E-state index contributed by atoms with van der Waals surface area (Å²) in [6.07, 6.45) is 5.57. The van der Waals surface area contributed by atoms with Crippen LogP contribution in [0, 0.1) is 0 Å². The van der Waals surface area contributed by atoms with E-state index in [1.165, 1.54) is 39.7 Å². The Labute approximate surface area is 157 Å². The molecule has 0 saturated carbocycles. The van der Waals surface area contributed by atoms with Crippen LogP contribution in [0.2, 0.25) is 0 Å². The Morgan fingerprint density at radius 3 is 2.72 bits per heavy atom. The summed E-state index contributed by atoms with van der Waals surface area (Å²) in [5.74, 6) is 0. The molecule has 1 N–H and O–H groups in total. The van der Waals surface area contributed by atoms with Crippen LogP contribution >= 0.6 is 15.9 Å². The van der Waals surface area contributed by atoms with Gasteiger partial charge in [0.25, 0.3) is 0 Å². The van der Waals surface area contributed by atoms with Crippen molar-refractivity contribution in [3.05, 3.63) is 87.7 Å². The molecule has 1 aliphatic rings. The van der Waals surface area contributed by atoms with Gasteiger partial charge in [-0.1, -0.05) is 64.5 Å². The lowest BCUT2D eigenvalue weighted by molar-refractivity contribution is 0.449. The van der Waals surface area contributed by atoms with Gasteiger partial charge in [-0.3, -0.25) is 4.68 Å². The largest absolute Gasteiger partial charge is 0.306 e. The zero-order chi connectivity index (χ0) is 17.1. The number of hydrogen-bond donors (Lipinski definition) is 1. The minimum atomic E-state index is 0.389. The number of rotatable bonds is 5. The molecule has 0 unspecified atom stereocenters. The van der Waals surface area contributed by atoms with Gasteiger partial charge in [-0.2, -0.15) is 5.10 Å². The summed E-state index contributed by atoms with van der Waals surface area (Å²) >= 11 is 3.64. The van der Waals surface area contributed by atoms with Gasteiger partial charge in [-0.15, -0.1) is 0 Å². The molecule has 0 radical (unpaired) electrons. The summed E-state index contributed by atoms with van der Waals surface area (Å²) in [6.45, 7) is 1.72. The number of benzene rings is 2. The first-order valence-electron chi connectivity index (χ1n) is 8.86. The van der Waals surface area contributed by atoms with Crippen molar-refractivity contribution in [1.82, 2.24) is 15.1 Å². The van der Waals surface area contributed by atoms with Crippen LogP contribution < -0.4 is 5.32 Å². The molecule has 1 heterocycles. The molecule has 0 bridgehead atoms. The average Bonchev–Trinajstić information content (AvgIpc) is 3.05. The lowest BCUT2D eigenvalue weighted by Gasteiger charge is -2.24. The molecule has 4 heteroatoms. The van der Waals surface area contributed by atoms with Crippen LogP contribution in [0.25, 0.3) is 0 Å². The molecule has 0 fully saturated rings. The molecule has 1 aliphatic carbocycles. The first kappa shape index (κ1) is 16.6. The van der Waals surface area contributed by atoms with E-state index in [-0.39, 0.29) is 0 Å². The highest BCUT2D eigenvalue weighted by Crippen LogP contribution is 2.30. The van der Waals surface area contributed by atoms with E-state index in [9.17, 15) is 0 Å². The summed E-state index contributed by atoms with van der Waals surface area (Å²) in [5, 5.41) is 8.41. The summed E-state index contributed by atoms with van der Waals surface area (Å²) in [7, 11) is 0. The van der Waals surface area contributed by atoms with Crippen molar-refractivity contribution >= 4 is 15.9 Å². The van der Waals surface area contributed by atoms with Crippen molar-refractivity contribution in [2.75, 3.05) is 0 Å². The van der Waals surface area contributed by atoms with Gasteiger partial charge in [0.05, 0.1) is 12.7 Å². The maximum absolute atomic E-state index is 4.68. The lowest BCUT2D eigenvalue weighted by Crippen LogP contribution is -2.25. The fraction of sp³-hybridized carbons (Fsp3) is 0.286. The molecule has 1 aromatic heterocycles. The van der Waals surface area contributed by atoms with E-state index in [1.807, 2.05) is 0 Å². The number of halogens is 1. The van der Waals surface area contributed by atoms with Gasteiger partial charge in [-0.05, 0) is 36.5 Å². The molecule has 0 spiro atoms. The number of fused-ring (bicyclic) bond motifs is 1. The van der Waals surface area contributed by atoms with E-state index in [0.717, 1.165) is 19.5 Å². The Balaban J connectivity index is 1.50. The zero-order valence-corrected chi connectivity index (χ0v) is 15.7. The van der Waals surface area contributed by atoms with Crippen LogP contribution in [-0.4, -0.2) is 9.78 Å². The molecule has 0 saturated heterocycles. The van der Waals surface area contributed by atoms with Crippen molar-refractivity contribution in [3.8, 4) is 0 Å². The highest BCUT2D eigenvalue weighted by molar-refractivity contribution is 9.10. The van der Waals surface area contributed by atoms with Crippen molar-refractivity contribution in [1.29, 1.82) is 0 Å². The molecule has 0 amide bonds. The molecule has 3 nitrogen and oxygen atoms in total. The van der Waals surface area contributed by atoms with E-state index >= 15 is 0 Å². The fourth-order valence-electron chi connectivity index (χ4n) is 3.60. The maximum Gasteiger partial charge on any atom is 0.0662 e. The first-order chi connectivity index (χ1) is 12.3. The van der Waals surface area contributed by atoms with Gasteiger partial charge in [0.1, 0.15) is 0 Å². The number of nitrogens with zero attached hydrogens (tertiary/aromatic N) is 2. The minimum absolute atomic E-state index is 0.389. The normalized spacial score (nSPS) is 16.6. The van der Waals surface area contributed by atoms with Crippen LogP contribution in [-0.2, 0) is 19.5 Å². The standard InChI is InChI=1S/C21H22BrN3/c22-19-10-5-4-9-17(19)13-23-20-11-6-12-21-18(20)14-24-25(21)15-16-7-2-1-3-8-16/h1-5,7-10,14,20,23H,6,11-13,15H2/t20-/m0/s1. The zero-order valence-electron chi connectivity index (χ0n) is 14.2. The van der Waals surface area contributed by atoms with Gasteiger partial charge in [0.2, 0.25) is 0 Å². The van der Waals surface area contributed by atoms with E-state index in [0.29, 0.717) is 6.04 Å². The second kappa shape index (κ2) is 7.54. The van der Waals surface area contributed by atoms with Crippen molar-refractivity contribution in [2.24, 2.45) is 0 Å².